The second-order valence-electron chi connectivity index (χ2n) is 5.24. The van der Waals surface area contributed by atoms with Crippen LogP contribution in [0.2, 0.25) is 0 Å². The van der Waals surface area contributed by atoms with Crippen molar-refractivity contribution in [3.8, 4) is 0 Å². The van der Waals surface area contributed by atoms with Crippen LogP contribution in [-0.4, -0.2) is 21.5 Å². The first kappa shape index (κ1) is 13.5. The largest absolute Gasteiger partial charge is 0.369 e. The van der Waals surface area contributed by atoms with Gasteiger partial charge in [-0.15, -0.1) is 11.3 Å². The molecule has 0 bridgehead atoms. The summed E-state index contributed by atoms with van der Waals surface area (Å²) < 4.78 is 0. The number of anilines is 1. The van der Waals surface area contributed by atoms with Crippen LogP contribution in [0.25, 0.3) is 0 Å². The molecule has 106 valence electrons. The lowest BCUT2D eigenvalue weighted by atomic mass is 10.1. The van der Waals surface area contributed by atoms with Gasteiger partial charge >= 0.3 is 0 Å². The van der Waals surface area contributed by atoms with Gasteiger partial charge in [0, 0.05) is 29.6 Å². The Labute approximate surface area is 123 Å². The van der Waals surface area contributed by atoms with E-state index in [1.807, 2.05) is 6.92 Å². The summed E-state index contributed by atoms with van der Waals surface area (Å²) in [5.74, 6) is 1.03. The lowest BCUT2D eigenvalue weighted by Gasteiger charge is -2.11. The Morgan fingerprint density at radius 3 is 2.95 bits per heavy atom. The molecular formula is C15H20N4S. The van der Waals surface area contributed by atoms with Gasteiger partial charge in [-0.1, -0.05) is 6.42 Å². The predicted octanol–water partition coefficient (Wildman–Crippen LogP) is 3.17. The van der Waals surface area contributed by atoms with E-state index in [-0.39, 0.29) is 0 Å². The zero-order valence-corrected chi connectivity index (χ0v) is 12.7. The van der Waals surface area contributed by atoms with Crippen LogP contribution in [0, 0.1) is 6.92 Å². The zero-order chi connectivity index (χ0) is 13.8. The number of thiazole rings is 1. The Bertz CT molecular complexity index is 579. The zero-order valence-electron chi connectivity index (χ0n) is 11.9. The van der Waals surface area contributed by atoms with E-state index < -0.39 is 0 Å². The summed E-state index contributed by atoms with van der Waals surface area (Å²) in [6, 6.07) is 0. The molecule has 1 aliphatic carbocycles. The quantitative estimate of drug-likeness (QED) is 0.878. The summed E-state index contributed by atoms with van der Waals surface area (Å²) in [5.41, 5.74) is 3.74. The van der Waals surface area contributed by atoms with Gasteiger partial charge in [-0.2, -0.15) is 0 Å². The van der Waals surface area contributed by atoms with Crippen molar-refractivity contribution in [3.63, 3.8) is 0 Å². The number of hydrogen-bond acceptors (Lipinski definition) is 5. The van der Waals surface area contributed by atoms with Crippen LogP contribution < -0.4 is 5.32 Å². The van der Waals surface area contributed by atoms with Crippen LogP contribution in [0.1, 0.15) is 41.2 Å². The van der Waals surface area contributed by atoms with Gasteiger partial charge in [-0.3, -0.25) is 0 Å². The molecule has 1 N–H and O–H groups in total. The van der Waals surface area contributed by atoms with Crippen LogP contribution in [-0.2, 0) is 19.3 Å². The van der Waals surface area contributed by atoms with Crippen molar-refractivity contribution < 1.29 is 0 Å². The first-order valence-electron chi connectivity index (χ1n) is 7.30. The molecule has 0 fully saturated rings. The number of nitrogens with one attached hydrogen (secondary N) is 1. The minimum Gasteiger partial charge on any atom is -0.369 e. The van der Waals surface area contributed by atoms with Crippen LogP contribution in [0.15, 0.2) is 11.7 Å². The SMILES string of the molecule is Cc1nc(CCNc2ncnc3c2CCCCC3)cs1. The van der Waals surface area contributed by atoms with Crippen LogP contribution in [0.5, 0.6) is 0 Å². The average molecular weight is 288 g/mol. The molecule has 2 heterocycles. The molecule has 3 rings (SSSR count). The smallest absolute Gasteiger partial charge is 0.132 e. The maximum Gasteiger partial charge on any atom is 0.132 e. The Morgan fingerprint density at radius 2 is 2.10 bits per heavy atom. The highest BCUT2D eigenvalue weighted by molar-refractivity contribution is 7.09. The van der Waals surface area contributed by atoms with Crippen molar-refractivity contribution in [3.05, 3.63) is 33.7 Å². The molecule has 5 heteroatoms. The predicted molar refractivity (Wildman–Crippen MR) is 82.3 cm³/mol. The van der Waals surface area contributed by atoms with E-state index in [9.17, 15) is 0 Å². The van der Waals surface area contributed by atoms with Gasteiger partial charge in [0.15, 0.2) is 0 Å². The molecule has 0 aromatic carbocycles. The Kier molecular flexibility index (Phi) is 4.25. The van der Waals surface area contributed by atoms with E-state index in [1.165, 1.54) is 36.2 Å². The number of nitrogens with zero attached hydrogens (tertiary/aromatic N) is 3. The fraction of sp³-hybridized carbons (Fsp3) is 0.533. The monoisotopic (exact) mass is 288 g/mol. The molecule has 2 aromatic heterocycles. The molecule has 0 radical (unpaired) electrons. The number of rotatable bonds is 4. The number of aromatic nitrogens is 3. The molecule has 2 aromatic rings. The molecule has 0 saturated carbocycles. The highest BCUT2D eigenvalue weighted by Crippen LogP contribution is 2.23. The fourth-order valence-corrected chi connectivity index (χ4v) is 3.33. The highest BCUT2D eigenvalue weighted by Gasteiger charge is 2.13. The van der Waals surface area contributed by atoms with Crippen molar-refractivity contribution >= 4 is 17.2 Å². The van der Waals surface area contributed by atoms with E-state index in [2.05, 4.69) is 25.6 Å². The van der Waals surface area contributed by atoms with Crippen molar-refractivity contribution in [2.24, 2.45) is 0 Å². The van der Waals surface area contributed by atoms with Crippen LogP contribution in [0.3, 0.4) is 0 Å². The van der Waals surface area contributed by atoms with E-state index >= 15 is 0 Å². The first-order chi connectivity index (χ1) is 9.83. The molecular weight excluding hydrogens is 268 g/mol. The molecule has 0 spiro atoms. The van der Waals surface area contributed by atoms with Gasteiger partial charge in [-0.05, 0) is 32.6 Å². The Morgan fingerprint density at radius 1 is 1.20 bits per heavy atom. The van der Waals surface area contributed by atoms with Gasteiger partial charge in [0.2, 0.25) is 0 Å². The normalized spacial score (nSPS) is 14.7. The highest BCUT2D eigenvalue weighted by atomic mass is 32.1. The van der Waals surface area contributed by atoms with Gasteiger partial charge in [0.1, 0.15) is 12.1 Å². The third-order valence-electron chi connectivity index (χ3n) is 3.72. The number of aryl methyl sites for hydroxylation is 2. The lowest BCUT2D eigenvalue weighted by molar-refractivity contribution is 0.708. The van der Waals surface area contributed by atoms with Crippen molar-refractivity contribution in [1.29, 1.82) is 0 Å². The lowest BCUT2D eigenvalue weighted by Crippen LogP contribution is -2.11. The second kappa shape index (κ2) is 6.31. The molecule has 0 atom stereocenters. The summed E-state index contributed by atoms with van der Waals surface area (Å²) >= 11 is 1.71. The minimum absolute atomic E-state index is 0.882. The summed E-state index contributed by atoms with van der Waals surface area (Å²) in [4.78, 5) is 13.4. The summed E-state index contributed by atoms with van der Waals surface area (Å²) in [5, 5.41) is 6.74. The molecule has 0 aliphatic heterocycles. The van der Waals surface area contributed by atoms with E-state index in [1.54, 1.807) is 17.7 Å². The van der Waals surface area contributed by atoms with Crippen molar-refractivity contribution in [2.75, 3.05) is 11.9 Å². The standard InChI is InChI=1S/C15H20N4S/c1-11-19-12(9-20-11)7-8-16-15-13-5-3-2-4-6-14(13)17-10-18-15/h9-10H,2-8H2,1H3,(H,16,17,18). The molecule has 1 aliphatic rings. The fourth-order valence-electron chi connectivity index (χ4n) is 2.68. The van der Waals surface area contributed by atoms with Crippen molar-refractivity contribution in [1.82, 2.24) is 15.0 Å². The Hall–Kier alpha value is -1.49. The van der Waals surface area contributed by atoms with Gasteiger partial charge in [0.05, 0.1) is 10.7 Å². The van der Waals surface area contributed by atoms with Crippen LogP contribution >= 0.6 is 11.3 Å². The number of hydrogen-bond donors (Lipinski definition) is 1. The maximum absolute atomic E-state index is 4.49. The maximum atomic E-state index is 4.49. The Balaban J connectivity index is 1.65. The van der Waals surface area contributed by atoms with Gasteiger partial charge in [0.25, 0.3) is 0 Å². The van der Waals surface area contributed by atoms with E-state index in [4.69, 9.17) is 0 Å². The minimum atomic E-state index is 0.882. The van der Waals surface area contributed by atoms with Crippen molar-refractivity contribution in [2.45, 2.75) is 45.4 Å². The summed E-state index contributed by atoms with van der Waals surface area (Å²) in [7, 11) is 0. The van der Waals surface area contributed by atoms with Gasteiger partial charge < -0.3 is 5.32 Å². The summed E-state index contributed by atoms with van der Waals surface area (Å²) in [6.45, 7) is 2.93. The first-order valence-corrected chi connectivity index (χ1v) is 8.18. The van der Waals surface area contributed by atoms with Crippen LogP contribution in [0.4, 0.5) is 5.82 Å². The third kappa shape index (κ3) is 3.15. The molecule has 20 heavy (non-hydrogen) atoms. The third-order valence-corrected chi connectivity index (χ3v) is 4.54. The molecule has 0 saturated heterocycles. The topological polar surface area (TPSA) is 50.7 Å². The van der Waals surface area contributed by atoms with E-state index in [0.29, 0.717) is 0 Å². The van der Waals surface area contributed by atoms with E-state index in [0.717, 1.165) is 36.6 Å². The molecule has 4 nitrogen and oxygen atoms in total. The number of fused-ring (bicyclic) bond motifs is 1. The average Bonchev–Trinajstić information content (AvgIpc) is 2.73. The molecule has 0 amide bonds. The van der Waals surface area contributed by atoms with Gasteiger partial charge in [-0.25, -0.2) is 15.0 Å². The molecule has 0 unspecified atom stereocenters. The summed E-state index contributed by atoms with van der Waals surface area (Å²) in [6.07, 6.45) is 8.64. The second-order valence-corrected chi connectivity index (χ2v) is 6.31.